The van der Waals surface area contributed by atoms with E-state index in [4.69, 9.17) is 29.2 Å². The van der Waals surface area contributed by atoms with E-state index in [9.17, 15) is 9.59 Å². The minimum absolute atomic E-state index is 0. The number of aromatic nitrogens is 4. The summed E-state index contributed by atoms with van der Waals surface area (Å²) in [6, 6.07) is 18.0. The van der Waals surface area contributed by atoms with Crippen LogP contribution in [0.25, 0.3) is 0 Å². The summed E-state index contributed by atoms with van der Waals surface area (Å²) in [7, 11) is 0. The number of ether oxygens (including phenoxy) is 2. The first-order valence-electron chi connectivity index (χ1n) is 13.2. The minimum atomic E-state index is -0.778. The molecule has 2 unspecified atom stereocenters. The van der Waals surface area contributed by atoms with Crippen LogP contribution in [0.1, 0.15) is 48.4 Å². The fraction of sp³-hybridized carbons (Fsp3) is 0.345. The molecule has 2 N–H and O–H groups in total. The third kappa shape index (κ3) is 10.5. The van der Waals surface area contributed by atoms with Crippen LogP contribution in [0.4, 0.5) is 0 Å². The Morgan fingerprint density at radius 3 is 1.67 bits per heavy atom. The maximum absolute atomic E-state index is 12.5. The van der Waals surface area contributed by atoms with Gasteiger partial charge in [-0.2, -0.15) is 9.97 Å². The van der Waals surface area contributed by atoms with Crippen LogP contribution in [0.3, 0.4) is 0 Å². The standard InChI is InChI=1S/C21H21N3O3.C8H13N3O3.ClH/c1-3-26-21(25)18(14-19-22-15(2)24-27-19)23-20(16-10-6-4-7-11-16)17-12-8-5-9-13-17;1-3-13-8(12)6(9)4-7-10-5(2)11-14-7;/h4-13,18H,3,14H2,1-2H3;6H,3-4,9H2,1-2H3;1H. The molecule has 13 heteroatoms. The van der Waals surface area contributed by atoms with Crippen LogP contribution >= 0.6 is 12.4 Å². The largest absolute Gasteiger partial charge is 0.465 e. The van der Waals surface area contributed by atoms with E-state index in [2.05, 4.69) is 20.3 Å². The van der Waals surface area contributed by atoms with Crippen molar-refractivity contribution in [3.8, 4) is 0 Å². The zero-order chi connectivity index (χ0) is 29.6. The van der Waals surface area contributed by atoms with Crippen molar-refractivity contribution in [2.75, 3.05) is 13.2 Å². The molecule has 0 fully saturated rings. The number of halogens is 1. The molecular weight excluding hydrogens is 564 g/mol. The van der Waals surface area contributed by atoms with E-state index < -0.39 is 24.0 Å². The van der Waals surface area contributed by atoms with Gasteiger partial charge < -0.3 is 24.3 Å². The van der Waals surface area contributed by atoms with Gasteiger partial charge in [0.2, 0.25) is 11.8 Å². The summed E-state index contributed by atoms with van der Waals surface area (Å²) >= 11 is 0. The summed E-state index contributed by atoms with van der Waals surface area (Å²) in [5.41, 5.74) is 8.09. The second-order valence-electron chi connectivity index (χ2n) is 8.72. The van der Waals surface area contributed by atoms with Crippen molar-refractivity contribution in [3.05, 3.63) is 95.2 Å². The number of carbonyl (C=O) groups is 2. The number of nitrogens with two attached hydrogens (primary N) is 1. The maximum atomic E-state index is 12.5. The van der Waals surface area contributed by atoms with Gasteiger partial charge in [-0.25, -0.2) is 4.79 Å². The van der Waals surface area contributed by atoms with E-state index in [0.717, 1.165) is 11.1 Å². The number of hydrogen-bond acceptors (Lipinski definition) is 12. The molecule has 2 aromatic heterocycles. The average Bonchev–Trinajstić information content (AvgIpc) is 3.59. The van der Waals surface area contributed by atoms with Crippen molar-refractivity contribution in [2.24, 2.45) is 10.7 Å². The normalized spacial score (nSPS) is 11.6. The topological polar surface area (TPSA) is 169 Å². The Labute approximate surface area is 250 Å². The van der Waals surface area contributed by atoms with Crippen LogP contribution in [0, 0.1) is 13.8 Å². The molecule has 0 saturated carbocycles. The average molecular weight is 599 g/mol. The van der Waals surface area contributed by atoms with Crippen LogP contribution < -0.4 is 5.73 Å². The summed E-state index contributed by atoms with van der Waals surface area (Å²) < 4.78 is 19.9. The lowest BCUT2D eigenvalue weighted by molar-refractivity contribution is -0.145. The maximum Gasteiger partial charge on any atom is 0.331 e. The van der Waals surface area contributed by atoms with Gasteiger partial charge in [-0.1, -0.05) is 71.0 Å². The Bertz CT molecular complexity index is 1370. The summed E-state index contributed by atoms with van der Waals surface area (Å²) in [4.78, 5) is 36.5. The first-order chi connectivity index (χ1) is 19.8. The highest BCUT2D eigenvalue weighted by Gasteiger charge is 2.24. The Morgan fingerprint density at radius 1 is 0.786 bits per heavy atom. The lowest BCUT2D eigenvalue weighted by Gasteiger charge is -2.14. The molecule has 12 nitrogen and oxygen atoms in total. The zero-order valence-electron chi connectivity index (χ0n) is 23.9. The van der Waals surface area contributed by atoms with E-state index in [-0.39, 0.29) is 31.9 Å². The molecule has 42 heavy (non-hydrogen) atoms. The first-order valence-corrected chi connectivity index (χ1v) is 13.2. The summed E-state index contributed by atoms with van der Waals surface area (Å²) in [6.45, 7) is 7.51. The van der Waals surface area contributed by atoms with Crippen LogP contribution in [0.5, 0.6) is 0 Å². The second kappa shape index (κ2) is 17.4. The summed E-state index contributed by atoms with van der Waals surface area (Å²) in [5, 5.41) is 7.36. The minimum Gasteiger partial charge on any atom is -0.465 e. The van der Waals surface area contributed by atoms with Crippen molar-refractivity contribution in [3.63, 3.8) is 0 Å². The van der Waals surface area contributed by atoms with Gasteiger partial charge >= 0.3 is 11.9 Å². The predicted octanol–water partition coefficient (Wildman–Crippen LogP) is 3.62. The van der Waals surface area contributed by atoms with E-state index in [1.54, 1.807) is 27.7 Å². The Morgan fingerprint density at radius 2 is 1.24 bits per heavy atom. The third-order valence-corrected chi connectivity index (χ3v) is 5.43. The molecule has 0 aliphatic heterocycles. The molecule has 4 rings (SSSR count). The van der Waals surface area contributed by atoms with Crippen molar-refractivity contribution in [1.82, 2.24) is 20.3 Å². The predicted molar refractivity (Wildman–Crippen MR) is 156 cm³/mol. The molecule has 2 atom stereocenters. The molecule has 0 aliphatic carbocycles. The van der Waals surface area contributed by atoms with E-state index >= 15 is 0 Å². The van der Waals surface area contributed by atoms with Gasteiger partial charge in [-0.3, -0.25) is 9.79 Å². The Balaban J connectivity index is 0.000000349. The highest BCUT2D eigenvalue weighted by Crippen LogP contribution is 2.15. The van der Waals surface area contributed by atoms with Gasteiger partial charge in [-0.05, 0) is 27.7 Å². The van der Waals surface area contributed by atoms with Gasteiger partial charge in [0.1, 0.15) is 6.04 Å². The van der Waals surface area contributed by atoms with E-state index in [1.807, 2.05) is 60.7 Å². The molecule has 2 aromatic carbocycles. The fourth-order valence-electron chi connectivity index (χ4n) is 3.62. The number of carbonyl (C=O) groups excluding carboxylic acids is 2. The van der Waals surface area contributed by atoms with Gasteiger partial charge in [0.05, 0.1) is 31.8 Å². The van der Waals surface area contributed by atoms with Gasteiger partial charge in [0.15, 0.2) is 17.7 Å². The number of rotatable bonds is 11. The second-order valence-corrected chi connectivity index (χ2v) is 8.72. The Hall–Kier alpha value is -4.42. The summed E-state index contributed by atoms with van der Waals surface area (Å²) in [5.74, 6) is 0.873. The van der Waals surface area contributed by atoms with Crippen molar-refractivity contribution < 1.29 is 28.1 Å². The smallest absolute Gasteiger partial charge is 0.331 e. The lowest BCUT2D eigenvalue weighted by atomic mass is 10.0. The third-order valence-electron chi connectivity index (χ3n) is 5.43. The molecule has 224 valence electrons. The molecule has 4 aromatic rings. The monoisotopic (exact) mass is 598 g/mol. The fourth-order valence-corrected chi connectivity index (χ4v) is 3.62. The highest BCUT2D eigenvalue weighted by molar-refractivity contribution is 6.13. The van der Waals surface area contributed by atoms with E-state index in [1.165, 1.54) is 0 Å². The van der Waals surface area contributed by atoms with Crippen molar-refractivity contribution in [1.29, 1.82) is 0 Å². The van der Waals surface area contributed by atoms with Crippen molar-refractivity contribution in [2.45, 2.75) is 52.6 Å². The Kier molecular flexibility index (Phi) is 14.0. The molecule has 0 bridgehead atoms. The van der Waals surface area contributed by atoms with Gasteiger partial charge in [-0.15, -0.1) is 12.4 Å². The number of nitrogens with zero attached hydrogens (tertiary/aromatic N) is 5. The molecule has 2 heterocycles. The number of benzene rings is 2. The molecular formula is C29H35ClN6O6. The zero-order valence-corrected chi connectivity index (χ0v) is 24.7. The molecule has 0 saturated heterocycles. The van der Waals surface area contributed by atoms with Crippen LogP contribution in [-0.4, -0.2) is 63.2 Å². The number of esters is 2. The molecule has 0 radical (unpaired) electrons. The van der Waals surface area contributed by atoms with Crippen LogP contribution in [-0.2, 0) is 31.9 Å². The number of aryl methyl sites for hydroxylation is 2. The quantitative estimate of drug-likeness (QED) is 0.197. The van der Waals surface area contributed by atoms with Crippen molar-refractivity contribution >= 4 is 30.1 Å². The van der Waals surface area contributed by atoms with Crippen LogP contribution in [0.15, 0.2) is 74.7 Å². The lowest BCUT2D eigenvalue weighted by Crippen LogP contribution is -2.34. The number of aliphatic imine (C=N–C) groups is 1. The van der Waals surface area contributed by atoms with Crippen LogP contribution in [0.2, 0.25) is 0 Å². The van der Waals surface area contributed by atoms with Gasteiger partial charge in [0, 0.05) is 11.1 Å². The number of hydrogen-bond donors (Lipinski definition) is 1. The van der Waals surface area contributed by atoms with Gasteiger partial charge in [0.25, 0.3) is 0 Å². The first kappa shape index (κ1) is 33.8. The van der Waals surface area contributed by atoms with E-state index in [0.29, 0.717) is 35.7 Å². The summed E-state index contributed by atoms with van der Waals surface area (Å²) in [6.07, 6.45) is 0.391. The molecule has 0 spiro atoms. The molecule has 0 amide bonds. The SMILES string of the molecule is CCOC(=O)C(Cc1nc(C)no1)N=C(c1ccccc1)c1ccccc1.CCOC(=O)C(N)Cc1nc(C)no1.Cl. The highest BCUT2D eigenvalue weighted by atomic mass is 35.5. The molecule has 0 aliphatic rings.